The van der Waals surface area contributed by atoms with Gasteiger partial charge < -0.3 is 40.8 Å². The zero-order valence-corrected chi connectivity index (χ0v) is 18.7. The number of carbonyl (C=O) groups excluding carboxylic acids is 4. The Balaban J connectivity index is 3.74. The summed E-state index contributed by atoms with van der Waals surface area (Å²) in [7, 11) is 0. The normalized spacial score (nSPS) is 27.9. The lowest BCUT2D eigenvalue weighted by molar-refractivity contribution is -0.278. The van der Waals surface area contributed by atoms with Gasteiger partial charge in [0, 0.05) is 27.7 Å². The van der Waals surface area contributed by atoms with Gasteiger partial charge in [-0.2, -0.15) is 4.39 Å². The van der Waals surface area contributed by atoms with Crippen LogP contribution in [0.4, 0.5) is 8.78 Å². The van der Waals surface area contributed by atoms with Crippen molar-refractivity contribution in [3.05, 3.63) is 0 Å². The first-order valence-corrected chi connectivity index (χ1v) is 9.68. The third-order valence-electron chi connectivity index (χ3n) is 4.40. The number of alkyl halides is 2. The van der Waals surface area contributed by atoms with Gasteiger partial charge >= 0.3 is 29.7 Å². The Bertz CT molecular complexity index is 853. The highest BCUT2D eigenvalue weighted by molar-refractivity contribution is 5.79. The SMILES string of the molecule is CC(=O)N[C@H]1C([C@H](OC(C)=O)[C@@H](COC(C)=O)OC(C)=O)O[C@@](F)(C(=O)O)[C@@H](F)C1N=C(N)N. The quantitative estimate of drug-likeness (QED) is 0.118. The summed E-state index contributed by atoms with van der Waals surface area (Å²) in [5.74, 6) is -11.0. The molecule has 0 aliphatic carbocycles. The number of rotatable bonds is 9. The molecule has 34 heavy (non-hydrogen) atoms. The molecule has 14 nitrogen and oxygen atoms in total. The summed E-state index contributed by atoms with van der Waals surface area (Å²) in [5, 5.41) is 11.5. The molecule has 2 unspecified atom stereocenters. The molecule has 0 aromatic carbocycles. The van der Waals surface area contributed by atoms with E-state index in [1.807, 2.05) is 0 Å². The molecule has 0 bridgehead atoms. The van der Waals surface area contributed by atoms with Gasteiger partial charge in [-0.05, 0) is 0 Å². The standard InChI is InChI=1S/C18H26F2N4O10/c1-6(25)23-11-12(24-17(21)22)15(19)18(20,16(29)30)34-14(11)13(33-9(4)28)10(32-8(3)27)5-31-7(2)26/h10-15H,5H2,1-4H3,(H,23,25)(H,29,30)(H4,21,22,24)/t10-,11-,12?,13-,14?,15+,18-/m1/s1. The minimum absolute atomic E-state index is 0.766. The van der Waals surface area contributed by atoms with Crippen molar-refractivity contribution in [2.45, 2.75) is 70.1 Å². The Kier molecular flexibility index (Phi) is 9.66. The van der Waals surface area contributed by atoms with Gasteiger partial charge in [-0.15, -0.1) is 0 Å². The number of nitrogens with zero attached hydrogens (tertiary/aromatic N) is 1. The van der Waals surface area contributed by atoms with Crippen molar-refractivity contribution < 1.29 is 56.8 Å². The summed E-state index contributed by atoms with van der Waals surface area (Å²) >= 11 is 0. The van der Waals surface area contributed by atoms with Crippen LogP contribution in [-0.4, -0.2) is 89.9 Å². The molecule has 1 aliphatic rings. The largest absolute Gasteiger partial charge is 0.477 e. The van der Waals surface area contributed by atoms with E-state index in [1.54, 1.807) is 0 Å². The lowest BCUT2D eigenvalue weighted by Gasteiger charge is -2.46. The molecule has 0 radical (unpaired) electrons. The molecule has 1 heterocycles. The molecule has 0 aromatic rings. The Morgan fingerprint density at radius 1 is 1.09 bits per heavy atom. The second-order valence-corrected chi connectivity index (χ2v) is 7.23. The van der Waals surface area contributed by atoms with E-state index in [4.69, 9.17) is 30.4 Å². The monoisotopic (exact) mass is 496 g/mol. The molecule has 1 saturated heterocycles. The number of carbonyl (C=O) groups is 5. The van der Waals surface area contributed by atoms with Crippen molar-refractivity contribution in [3.63, 3.8) is 0 Å². The van der Waals surface area contributed by atoms with Crippen LogP contribution in [0, 0.1) is 0 Å². The summed E-state index contributed by atoms with van der Waals surface area (Å²) in [6, 6.07) is -3.85. The van der Waals surface area contributed by atoms with Gasteiger partial charge in [0.05, 0.1) is 6.04 Å². The molecule has 0 saturated carbocycles. The number of carboxylic acid groups (broad SMARTS) is 1. The van der Waals surface area contributed by atoms with Crippen molar-refractivity contribution in [2.24, 2.45) is 16.5 Å². The first kappa shape index (κ1) is 28.5. The zero-order valence-electron chi connectivity index (χ0n) is 18.7. The highest BCUT2D eigenvalue weighted by atomic mass is 19.2. The van der Waals surface area contributed by atoms with Crippen LogP contribution in [0.5, 0.6) is 0 Å². The molecular weight excluding hydrogens is 470 g/mol. The first-order valence-electron chi connectivity index (χ1n) is 9.68. The summed E-state index contributed by atoms with van der Waals surface area (Å²) in [6.45, 7) is 3.05. The van der Waals surface area contributed by atoms with E-state index in [0.717, 1.165) is 27.7 Å². The molecule has 1 fully saturated rings. The first-order chi connectivity index (χ1) is 15.6. The summed E-state index contributed by atoms with van der Waals surface area (Å²) in [5.41, 5.74) is 10.6. The number of hydrogen-bond donors (Lipinski definition) is 4. The van der Waals surface area contributed by atoms with E-state index in [2.05, 4.69) is 10.3 Å². The lowest BCUT2D eigenvalue weighted by atomic mass is 9.86. The average Bonchev–Trinajstić information content (AvgIpc) is 2.67. The lowest BCUT2D eigenvalue weighted by Crippen LogP contribution is -2.71. The second kappa shape index (κ2) is 11.5. The van der Waals surface area contributed by atoms with Crippen LogP contribution in [0.3, 0.4) is 0 Å². The van der Waals surface area contributed by atoms with Gasteiger partial charge in [-0.3, -0.25) is 19.2 Å². The predicted octanol–water partition coefficient (Wildman–Crippen LogP) is -1.95. The van der Waals surface area contributed by atoms with Crippen LogP contribution < -0.4 is 16.8 Å². The number of aliphatic carboxylic acids is 1. The van der Waals surface area contributed by atoms with Crippen molar-refractivity contribution in [1.29, 1.82) is 0 Å². The minimum Gasteiger partial charge on any atom is -0.477 e. The number of hydrogen-bond acceptors (Lipinski definition) is 10. The van der Waals surface area contributed by atoms with Crippen molar-refractivity contribution in [1.82, 2.24) is 5.32 Å². The van der Waals surface area contributed by atoms with E-state index >= 15 is 8.78 Å². The van der Waals surface area contributed by atoms with Crippen LogP contribution in [-0.2, 0) is 42.9 Å². The van der Waals surface area contributed by atoms with Gasteiger partial charge in [-0.1, -0.05) is 0 Å². The summed E-state index contributed by atoms with van der Waals surface area (Å²) in [6.07, 6.45) is -8.76. The smallest absolute Gasteiger partial charge is 0.372 e. The molecule has 192 valence electrons. The third kappa shape index (κ3) is 7.23. The fraction of sp³-hybridized carbons (Fsp3) is 0.667. The highest BCUT2D eigenvalue weighted by Crippen LogP contribution is 2.38. The van der Waals surface area contributed by atoms with Crippen LogP contribution in [0.25, 0.3) is 0 Å². The second-order valence-electron chi connectivity index (χ2n) is 7.23. The number of nitrogens with one attached hydrogen (secondary N) is 1. The molecule has 7 atom stereocenters. The van der Waals surface area contributed by atoms with E-state index in [1.165, 1.54) is 0 Å². The summed E-state index contributed by atoms with van der Waals surface area (Å²) < 4.78 is 50.1. The van der Waals surface area contributed by atoms with Crippen LogP contribution >= 0.6 is 0 Å². The van der Waals surface area contributed by atoms with E-state index in [9.17, 15) is 29.1 Å². The maximum absolute atomic E-state index is 15.3. The number of esters is 3. The van der Waals surface area contributed by atoms with E-state index in [0.29, 0.717) is 0 Å². The molecular formula is C18H26F2N4O10. The van der Waals surface area contributed by atoms with Gasteiger partial charge in [0.1, 0.15) is 18.8 Å². The van der Waals surface area contributed by atoms with Gasteiger partial charge in [0.2, 0.25) is 5.91 Å². The molecule has 1 rings (SSSR count). The third-order valence-corrected chi connectivity index (χ3v) is 4.40. The molecule has 1 aliphatic heterocycles. The van der Waals surface area contributed by atoms with E-state index in [-0.39, 0.29) is 0 Å². The predicted molar refractivity (Wildman–Crippen MR) is 106 cm³/mol. The maximum atomic E-state index is 15.3. The Morgan fingerprint density at radius 3 is 2.06 bits per heavy atom. The number of guanidine groups is 1. The molecule has 0 spiro atoms. The summed E-state index contributed by atoms with van der Waals surface area (Å²) in [4.78, 5) is 61.6. The fourth-order valence-corrected chi connectivity index (χ4v) is 3.25. The Hall–Kier alpha value is -3.56. The fourth-order valence-electron chi connectivity index (χ4n) is 3.25. The average molecular weight is 496 g/mol. The molecule has 0 aromatic heterocycles. The van der Waals surface area contributed by atoms with Crippen LogP contribution in [0.2, 0.25) is 0 Å². The molecule has 6 N–H and O–H groups in total. The number of carboxylic acids is 1. The van der Waals surface area contributed by atoms with Crippen molar-refractivity contribution in [2.75, 3.05) is 6.61 Å². The van der Waals surface area contributed by atoms with E-state index < -0.39 is 84.8 Å². The minimum atomic E-state index is -4.09. The Morgan fingerprint density at radius 2 is 1.65 bits per heavy atom. The molecule has 1 amide bonds. The zero-order chi connectivity index (χ0) is 26.4. The topological polar surface area (TPSA) is 219 Å². The van der Waals surface area contributed by atoms with Gasteiger partial charge in [0.15, 0.2) is 24.3 Å². The maximum Gasteiger partial charge on any atom is 0.372 e. The number of ether oxygens (including phenoxy) is 4. The van der Waals surface area contributed by atoms with Crippen molar-refractivity contribution in [3.8, 4) is 0 Å². The molecule has 16 heteroatoms. The van der Waals surface area contributed by atoms with Gasteiger partial charge in [0.25, 0.3) is 0 Å². The Labute approximate surface area is 191 Å². The number of amides is 1. The number of aliphatic imine (C=N–C) groups is 1. The van der Waals surface area contributed by atoms with Crippen molar-refractivity contribution >= 4 is 35.7 Å². The number of nitrogens with two attached hydrogens (primary N) is 2. The highest BCUT2D eigenvalue weighted by Gasteiger charge is 2.64. The van der Waals surface area contributed by atoms with Crippen LogP contribution in [0.15, 0.2) is 4.99 Å². The van der Waals surface area contributed by atoms with Gasteiger partial charge in [-0.25, -0.2) is 14.2 Å². The number of halogens is 2. The van der Waals surface area contributed by atoms with Crippen LogP contribution in [0.1, 0.15) is 27.7 Å².